The first-order valence-corrected chi connectivity index (χ1v) is 6.81. The van der Waals surface area contributed by atoms with E-state index < -0.39 is 9.84 Å². The zero-order chi connectivity index (χ0) is 10.9. The minimum Gasteiger partial charge on any atom is -0.489 e. The molecular formula is C11H14O3S. The number of hydrogen-bond donors (Lipinski definition) is 0. The third kappa shape index (κ3) is 2.72. The van der Waals surface area contributed by atoms with Crippen molar-refractivity contribution in [3.8, 4) is 5.75 Å². The number of benzene rings is 1. The third-order valence-electron chi connectivity index (χ3n) is 2.51. The van der Waals surface area contributed by atoms with E-state index >= 15 is 0 Å². The van der Waals surface area contributed by atoms with Gasteiger partial charge in [-0.25, -0.2) is 8.42 Å². The lowest BCUT2D eigenvalue weighted by atomic mass is 10.2. The highest BCUT2D eigenvalue weighted by Gasteiger charge is 2.29. The number of sulfone groups is 1. The summed E-state index contributed by atoms with van der Waals surface area (Å²) in [5.41, 5.74) is 1.17. The molecule has 1 aliphatic rings. The fourth-order valence-corrected chi connectivity index (χ4v) is 3.25. The molecule has 0 spiro atoms. The fourth-order valence-electron chi connectivity index (χ4n) is 1.66. The highest BCUT2D eigenvalue weighted by atomic mass is 32.2. The van der Waals surface area contributed by atoms with Crippen LogP contribution in [0.1, 0.15) is 12.0 Å². The van der Waals surface area contributed by atoms with Crippen LogP contribution >= 0.6 is 0 Å². The molecule has 1 atom stereocenters. The van der Waals surface area contributed by atoms with Gasteiger partial charge < -0.3 is 4.74 Å². The van der Waals surface area contributed by atoms with Gasteiger partial charge in [-0.3, -0.25) is 0 Å². The van der Waals surface area contributed by atoms with Gasteiger partial charge in [0.25, 0.3) is 0 Å². The van der Waals surface area contributed by atoms with Crippen molar-refractivity contribution in [3.63, 3.8) is 0 Å². The Balaban J connectivity index is 2.02. The second-order valence-corrected chi connectivity index (χ2v) is 6.18. The molecule has 0 aliphatic carbocycles. The lowest BCUT2D eigenvalue weighted by Gasteiger charge is -2.11. The van der Waals surface area contributed by atoms with E-state index in [2.05, 4.69) is 0 Å². The molecule has 0 saturated carbocycles. The van der Waals surface area contributed by atoms with Crippen molar-refractivity contribution in [2.24, 2.45) is 0 Å². The molecule has 1 aromatic carbocycles. The zero-order valence-electron chi connectivity index (χ0n) is 8.64. The zero-order valence-corrected chi connectivity index (χ0v) is 9.46. The van der Waals surface area contributed by atoms with E-state index in [-0.39, 0.29) is 17.6 Å². The van der Waals surface area contributed by atoms with Crippen LogP contribution in [-0.4, -0.2) is 26.0 Å². The van der Waals surface area contributed by atoms with Crippen molar-refractivity contribution in [2.75, 3.05) is 11.5 Å². The number of ether oxygens (including phenoxy) is 1. The molecule has 1 unspecified atom stereocenters. The smallest absolute Gasteiger partial charge is 0.154 e. The normalized spacial score (nSPS) is 23.9. The van der Waals surface area contributed by atoms with Crippen LogP contribution in [0.3, 0.4) is 0 Å². The summed E-state index contributed by atoms with van der Waals surface area (Å²) in [6.07, 6.45) is 0.439. The van der Waals surface area contributed by atoms with Gasteiger partial charge in [0.1, 0.15) is 11.9 Å². The number of aryl methyl sites for hydroxylation is 1. The van der Waals surface area contributed by atoms with Gasteiger partial charge in [-0.05, 0) is 25.5 Å². The summed E-state index contributed by atoms with van der Waals surface area (Å²) < 4.78 is 28.0. The van der Waals surface area contributed by atoms with Crippen LogP contribution in [0.25, 0.3) is 0 Å². The van der Waals surface area contributed by atoms with Gasteiger partial charge in [-0.2, -0.15) is 0 Å². The van der Waals surface area contributed by atoms with E-state index in [9.17, 15) is 8.42 Å². The lowest BCUT2D eigenvalue weighted by Crippen LogP contribution is -2.17. The van der Waals surface area contributed by atoms with Crippen molar-refractivity contribution in [1.82, 2.24) is 0 Å². The lowest BCUT2D eigenvalue weighted by molar-refractivity contribution is 0.229. The maximum absolute atomic E-state index is 11.2. The predicted octanol–water partition coefficient (Wildman–Crippen LogP) is 1.56. The summed E-state index contributed by atoms with van der Waals surface area (Å²) in [5, 5.41) is 0. The Hall–Kier alpha value is -1.03. The Morgan fingerprint density at radius 2 is 1.93 bits per heavy atom. The minimum absolute atomic E-state index is 0.154. The topological polar surface area (TPSA) is 43.4 Å². The number of hydrogen-bond acceptors (Lipinski definition) is 3. The Labute approximate surface area is 90.0 Å². The van der Waals surface area contributed by atoms with Crippen molar-refractivity contribution in [3.05, 3.63) is 29.8 Å². The standard InChI is InChI=1S/C11H14O3S/c1-9-2-4-10(5-3-9)14-11-6-7-15(12,13)8-11/h2-5,11H,6-8H2,1H3. The average Bonchev–Trinajstić information content (AvgIpc) is 2.50. The van der Waals surface area contributed by atoms with Crippen LogP contribution in [0.15, 0.2) is 24.3 Å². The van der Waals surface area contributed by atoms with Gasteiger partial charge in [-0.1, -0.05) is 17.7 Å². The molecule has 1 saturated heterocycles. The molecule has 0 aromatic heterocycles. The summed E-state index contributed by atoms with van der Waals surface area (Å²) in [4.78, 5) is 0. The van der Waals surface area contributed by atoms with E-state index in [4.69, 9.17) is 4.74 Å². The summed E-state index contributed by atoms with van der Waals surface area (Å²) in [6, 6.07) is 7.66. The third-order valence-corrected chi connectivity index (χ3v) is 4.25. The molecule has 0 amide bonds. The van der Waals surface area contributed by atoms with E-state index in [1.165, 1.54) is 5.56 Å². The SMILES string of the molecule is Cc1ccc(OC2CCS(=O)(=O)C2)cc1. The van der Waals surface area contributed by atoms with Crippen LogP contribution in [0.2, 0.25) is 0 Å². The second kappa shape index (κ2) is 3.85. The van der Waals surface area contributed by atoms with Crippen LogP contribution in [0.5, 0.6) is 5.75 Å². The molecule has 4 heteroatoms. The maximum atomic E-state index is 11.2. The quantitative estimate of drug-likeness (QED) is 0.768. The van der Waals surface area contributed by atoms with Gasteiger partial charge in [0.05, 0.1) is 11.5 Å². The molecule has 0 bridgehead atoms. The Morgan fingerprint density at radius 3 is 2.47 bits per heavy atom. The molecule has 0 N–H and O–H groups in total. The molecule has 3 nitrogen and oxygen atoms in total. The van der Waals surface area contributed by atoms with Crippen molar-refractivity contribution in [2.45, 2.75) is 19.4 Å². The molecule has 82 valence electrons. The summed E-state index contributed by atoms with van der Waals surface area (Å²) in [6.45, 7) is 2.00. The Kier molecular flexibility index (Phi) is 2.69. The van der Waals surface area contributed by atoms with Crippen molar-refractivity contribution < 1.29 is 13.2 Å². The first-order chi connectivity index (χ1) is 7.05. The highest BCUT2D eigenvalue weighted by Crippen LogP contribution is 2.19. The van der Waals surface area contributed by atoms with E-state index in [1.807, 2.05) is 31.2 Å². The first-order valence-electron chi connectivity index (χ1n) is 4.99. The molecule has 2 rings (SSSR count). The Morgan fingerprint density at radius 1 is 1.27 bits per heavy atom. The van der Waals surface area contributed by atoms with Crippen LogP contribution in [0, 0.1) is 6.92 Å². The summed E-state index contributed by atoms with van der Waals surface area (Å²) in [5.74, 6) is 1.16. The van der Waals surface area contributed by atoms with Gasteiger partial charge in [0.15, 0.2) is 9.84 Å². The second-order valence-electron chi connectivity index (χ2n) is 3.96. The molecule has 1 fully saturated rings. The van der Waals surface area contributed by atoms with E-state index in [0.29, 0.717) is 6.42 Å². The van der Waals surface area contributed by atoms with Gasteiger partial charge >= 0.3 is 0 Å². The maximum Gasteiger partial charge on any atom is 0.154 e. The van der Waals surface area contributed by atoms with Crippen LogP contribution in [0.4, 0.5) is 0 Å². The number of rotatable bonds is 2. The summed E-state index contributed by atoms with van der Waals surface area (Å²) in [7, 11) is -2.85. The first kappa shape index (κ1) is 10.5. The molecular weight excluding hydrogens is 212 g/mol. The van der Waals surface area contributed by atoms with Gasteiger partial charge in [0.2, 0.25) is 0 Å². The fraction of sp³-hybridized carbons (Fsp3) is 0.455. The molecule has 1 aromatic rings. The highest BCUT2D eigenvalue weighted by molar-refractivity contribution is 7.91. The van der Waals surface area contributed by atoms with Crippen molar-refractivity contribution >= 4 is 9.84 Å². The van der Waals surface area contributed by atoms with Crippen LogP contribution < -0.4 is 4.74 Å². The van der Waals surface area contributed by atoms with Gasteiger partial charge in [-0.15, -0.1) is 0 Å². The largest absolute Gasteiger partial charge is 0.489 e. The Bertz CT molecular complexity index is 433. The predicted molar refractivity (Wildman–Crippen MR) is 58.9 cm³/mol. The molecule has 0 radical (unpaired) electrons. The van der Waals surface area contributed by atoms with Crippen LogP contribution in [-0.2, 0) is 9.84 Å². The summed E-state index contributed by atoms with van der Waals surface area (Å²) >= 11 is 0. The monoisotopic (exact) mass is 226 g/mol. The van der Waals surface area contributed by atoms with Gasteiger partial charge in [0, 0.05) is 0 Å². The van der Waals surface area contributed by atoms with Crippen molar-refractivity contribution in [1.29, 1.82) is 0 Å². The molecule has 1 aliphatic heterocycles. The minimum atomic E-state index is -2.85. The van der Waals surface area contributed by atoms with E-state index in [1.54, 1.807) is 0 Å². The average molecular weight is 226 g/mol. The molecule has 15 heavy (non-hydrogen) atoms. The van der Waals surface area contributed by atoms with E-state index in [0.717, 1.165) is 5.75 Å². The molecule has 1 heterocycles.